The predicted molar refractivity (Wildman–Crippen MR) is 116 cm³/mol. The number of aromatic nitrogens is 1. The molecular weight excluding hydrogens is 356 g/mol. The molecule has 29 heavy (non-hydrogen) atoms. The molecule has 4 fully saturated rings. The maximum absolute atomic E-state index is 13.2. The molecule has 0 saturated heterocycles. The molecular formula is C26H38N2O. The van der Waals surface area contributed by atoms with Crippen LogP contribution in [0.3, 0.4) is 0 Å². The zero-order valence-corrected chi connectivity index (χ0v) is 18.3. The van der Waals surface area contributed by atoms with E-state index in [1.165, 1.54) is 51.4 Å². The summed E-state index contributed by atoms with van der Waals surface area (Å²) in [5, 5.41) is 3.24. The standard InChI is InChI=1S/C26H38N2O/c1-17-5-7-20-19(14-17)6-8-22-21(20)11-12-26(2)23(22)9-10-24(26)25(29)28-16-18-4-3-13-27-15-18/h3-4,13,15,17,19-24H,5-12,14,16H2,1-2H3,(H,28,29). The van der Waals surface area contributed by atoms with E-state index in [-0.39, 0.29) is 17.2 Å². The molecule has 1 amide bonds. The maximum Gasteiger partial charge on any atom is 0.223 e. The Morgan fingerprint density at radius 1 is 1.10 bits per heavy atom. The molecule has 1 aromatic heterocycles. The topological polar surface area (TPSA) is 42.0 Å². The van der Waals surface area contributed by atoms with Crippen LogP contribution in [0.4, 0.5) is 0 Å². The van der Waals surface area contributed by atoms with Crippen molar-refractivity contribution < 1.29 is 4.79 Å². The van der Waals surface area contributed by atoms with Gasteiger partial charge in [-0.2, -0.15) is 0 Å². The number of pyridine rings is 1. The van der Waals surface area contributed by atoms with Crippen molar-refractivity contribution in [3.05, 3.63) is 30.1 Å². The summed E-state index contributed by atoms with van der Waals surface area (Å²) < 4.78 is 0. The van der Waals surface area contributed by atoms with Crippen molar-refractivity contribution in [2.24, 2.45) is 46.8 Å². The van der Waals surface area contributed by atoms with Gasteiger partial charge in [0.25, 0.3) is 0 Å². The molecule has 4 saturated carbocycles. The van der Waals surface area contributed by atoms with Gasteiger partial charge in [-0.3, -0.25) is 9.78 Å². The van der Waals surface area contributed by atoms with E-state index in [1.54, 1.807) is 6.20 Å². The molecule has 5 rings (SSSR count). The molecule has 3 heteroatoms. The summed E-state index contributed by atoms with van der Waals surface area (Å²) in [6.07, 6.45) is 15.9. The minimum Gasteiger partial charge on any atom is -0.352 e. The van der Waals surface area contributed by atoms with Crippen LogP contribution in [0.15, 0.2) is 24.5 Å². The normalized spacial score (nSPS) is 43.7. The number of hydrogen-bond donors (Lipinski definition) is 1. The molecule has 1 heterocycles. The SMILES string of the molecule is CC1CCC2C(CCC3C2CCC2(C)C(C(=O)NCc4cccnc4)CCC32)C1. The molecule has 0 bridgehead atoms. The van der Waals surface area contributed by atoms with Crippen molar-refractivity contribution in [1.29, 1.82) is 0 Å². The van der Waals surface area contributed by atoms with Crippen molar-refractivity contribution in [1.82, 2.24) is 10.3 Å². The fourth-order valence-electron chi connectivity index (χ4n) is 8.33. The Morgan fingerprint density at radius 2 is 1.97 bits per heavy atom. The number of rotatable bonds is 3. The van der Waals surface area contributed by atoms with Crippen LogP contribution >= 0.6 is 0 Å². The third-order valence-corrected chi connectivity index (χ3v) is 9.72. The fraction of sp³-hybridized carbons (Fsp3) is 0.769. The van der Waals surface area contributed by atoms with Gasteiger partial charge in [0.1, 0.15) is 0 Å². The highest BCUT2D eigenvalue weighted by atomic mass is 16.1. The van der Waals surface area contributed by atoms with Gasteiger partial charge in [-0.15, -0.1) is 0 Å². The second-order valence-corrected chi connectivity index (χ2v) is 11.1. The van der Waals surface area contributed by atoms with Gasteiger partial charge >= 0.3 is 0 Å². The van der Waals surface area contributed by atoms with Crippen LogP contribution in [0.5, 0.6) is 0 Å². The Morgan fingerprint density at radius 3 is 2.79 bits per heavy atom. The van der Waals surface area contributed by atoms with Crippen LogP contribution in [0.1, 0.15) is 77.2 Å². The Balaban J connectivity index is 1.27. The minimum absolute atomic E-state index is 0.203. The Bertz CT molecular complexity index is 733. The molecule has 8 atom stereocenters. The van der Waals surface area contributed by atoms with Gasteiger partial charge in [-0.25, -0.2) is 0 Å². The van der Waals surface area contributed by atoms with Gasteiger partial charge in [0, 0.05) is 24.9 Å². The second kappa shape index (κ2) is 7.71. The van der Waals surface area contributed by atoms with Crippen LogP contribution < -0.4 is 5.32 Å². The Labute approximate surface area is 176 Å². The first-order valence-corrected chi connectivity index (χ1v) is 12.2. The van der Waals surface area contributed by atoms with E-state index in [4.69, 9.17) is 0 Å². The number of carbonyl (C=O) groups is 1. The van der Waals surface area contributed by atoms with Gasteiger partial charge < -0.3 is 5.32 Å². The highest BCUT2D eigenvalue weighted by Crippen LogP contribution is 2.64. The number of amides is 1. The van der Waals surface area contributed by atoms with Gasteiger partial charge in [0.05, 0.1) is 0 Å². The summed E-state index contributed by atoms with van der Waals surface area (Å²) in [5.41, 5.74) is 1.31. The zero-order valence-electron chi connectivity index (χ0n) is 18.3. The lowest BCUT2D eigenvalue weighted by atomic mass is 9.49. The van der Waals surface area contributed by atoms with Gasteiger partial charge in [0.2, 0.25) is 5.91 Å². The molecule has 3 nitrogen and oxygen atoms in total. The number of nitrogens with zero attached hydrogens (tertiary/aromatic N) is 1. The van der Waals surface area contributed by atoms with E-state index in [0.29, 0.717) is 6.54 Å². The molecule has 158 valence electrons. The molecule has 0 spiro atoms. The van der Waals surface area contributed by atoms with Crippen molar-refractivity contribution >= 4 is 5.91 Å². The summed E-state index contributed by atoms with van der Waals surface area (Å²) in [7, 11) is 0. The number of hydrogen-bond acceptors (Lipinski definition) is 2. The lowest BCUT2D eigenvalue weighted by Gasteiger charge is -2.56. The van der Waals surface area contributed by atoms with Gasteiger partial charge in [0.15, 0.2) is 0 Å². The molecule has 0 radical (unpaired) electrons. The van der Waals surface area contributed by atoms with Gasteiger partial charge in [-0.1, -0.05) is 26.3 Å². The summed E-state index contributed by atoms with van der Waals surface area (Å²) in [6, 6.07) is 3.99. The van der Waals surface area contributed by atoms with Crippen molar-refractivity contribution in [3.8, 4) is 0 Å². The lowest BCUT2D eigenvalue weighted by molar-refractivity contribution is -0.132. The first-order chi connectivity index (χ1) is 14.1. The van der Waals surface area contributed by atoms with Crippen molar-refractivity contribution in [2.45, 2.75) is 78.2 Å². The van der Waals surface area contributed by atoms with Crippen LogP contribution in [0.2, 0.25) is 0 Å². The van der Waals surface area contributed by atoms with E-state index in [1.807, 2.05) is 18.3 Å². The highest BCUT2D eigenvalue weighted by molar-refractivity contribution is 5.80. The monoisotopic (exact) mass is 394 g/mol. The van der Waals surface area contributed by atoms with Crippen LogP contribution in [-0.2, 0) is 11.3 Å². The number of carbonyl (C=O) groups excluding carboxylic acids is 1. The van der Waals surface area contributed by atoms with Gasteiger partial charge in [-0.05, 0) is 104 Å². The highest BCUT2D eigenvalue weighted by Gasteiger charge is 2.58. The van der Waals surface area contributed by atoms with E-state index in [0.717, 1.165) is 47.5 Å². The van der Waals surface area contributed by atoms with E-state index in [9.17, 15) is 4.79 Å². The smallest absolute Gasteiger partial charge is 0.223 e. The van der Waals surface area contributed by atoms with Crippen molar-refractivity contribution in [2.75, 3.05) is 0 Å². The Kier molecular flexibility index (Phi) is 5.20. The molecule has 4 aliphatic rings. The third-order valence-electron chi connectivity index (χ3n) is 9.72. The molecule has 8 unspecified atom stereocenters. The first kappa shape index (κ1) is 19.6. The first-order valence-electron chi connectivity index (χ1n) is 12.2. The summed E-state index contributed by atoms with van der Waals surface area (Å²) in [5.74, 6) is 6.05. The second-order valence-electron chi connectivity index (χ2n) is 11.1. The minimum atomic E-state index is 0.203. The molecule has 1 aromatic rings. The predicted octanol–water partition coefficient (Wildman–Crippen LogP) is 5.60. The summed E-state index contributed by atoms with van der Waals surface area (Å²) in [6.45, 7) is 5.54. The average Bonchev–Trinajstić information content (AvgIpc) is 3.09. The number of fused-ring (bicyclic) bond motifs is 5. The molecule has 4 aliphatic carbocycles. The van der Waals surface area contributed by atoms with E-state index < -0.39 is 0 Å². The van der Waals surface area contributed by atoms with Crippen molar-refractivity contribution in [3.63, 3.8) is 0 Å². The summed E-state index contributed by atoms with van der Waals surface area (Å²) >= 11 is 0. The third kappa shape index (κ3) is 3.43. The largest absolute Gasteiger partial charge is 0.352 e. The number of nitrogens with one attached hydrogen (secondary N) is 1. The lowest BCUT2D eigenvalue weighted by Crippen LogP contribution is -2.50. The van der Waals surface area contributed by atoms with E-state index >= 15 is 0 Å². The zero-order chi connectivity index (χ0) is 20.0. The fourth-order valence-corrected chi connectivity index (χ4v) is 8.33. The Hall–Kier alpha value is -1.38. The quantitative estimate of drug-likeness (QED) is 0.725. The molecule has 0 aliphatic heterocycles. The molecule has 1 N–H and O–H groups in total. The maximum atomic E-state index is 13.2. The van der Waals surface area contributed by atoms with E-state index in [2.05, 4.69) is 24.1 Å². The van der Waals surface area contributed by atoms with Crippen LogP contribution in [0, 0.1) is 46.8 Å². The average molecular weight is 395 g/mol. The van der Waals surface area contributed by atoms with Crippen LogP contribution in [-0.4, -0.2) is 10.9 Å². The van der Waals surface area contributed by atoms with Crippen LogP contribution in [0.25, 0.3) is 0 Å². The molecule has 0 aromatic carbocycles. The summed E-state index contributed by atoms with van der Waals surface area (Å²) in [4.78, 5) is 17.3.